The van der Waals surface area contributed by atoms with Crippen molar-refractivity contribution in [3.63, 3.8) is 0 Å². The summed E-state index contributed by atoms with van der Waals surface area (Å²) in [5.41, 5.74) is 0.709. The molecular weight excluding hydrogens is 290 g/mol. The first-order chi connectivity index (χ1) is 11.1. The van der Waals surface area contributed by atoms with Crippen LogP contribution in [0.15, 0.2) is 54.6 Å². The minimum Gasteiger partial charge on any atom is -0.481 e. The van der Waals surface area contributed by atoms with Gasteiger partial charge in [0.05, 0.1) is 0 Å². The van der Waals surface area contributed by atoms with Crippen LogP contribution in [0.3, 0.4) is 0 Å². The monoisotopic (exact) mass is 307 g/mol. The molecule has 23 heavy (non-hydrogen) atoms. The quantitative estimate of drug-likeness (QED) is 0.895. The smallest absolute Gasteiger partial charge is 0.313 e. The van der Waals surface area contributed by atoms with Gasteiger partial charge in [-0.2, -0.15) is 0 Å². The lowest BCUT2D eigenvalue weighted by molar-refractivity contribution is -0.157. The second kappa shape index (κ2) is 4.69. The van der Waals surface area contributed by atoms with Gasteiger partial charge in [-0.25, -0.2) is 0 Å². The summed E-state index contributed by atoms with van der Waals surface area (Å²) < 4.78 is 0. The van der Waals surface area contributed by atoms with Crippen molar-refractivity contribution in [3.05, 3.63) is 71.3 Å². The van der Waals surface area contributed by atoms with Crippen LogP contribution in [0.25, 0.3) is 0 Å². The molecule has 1 aliphatic heterocycles. The zero-order valence-electron chi connectivity index (χ0n) is 12.6. The molecule has 1 aliphatic carbocycles. The van der Waals surface area contributed by atoms with Gasteiger partial charge in [-0.3, -0.25) is 9.59 Å². The van der Waals surface area contributed by atoms with Crippen molar-refractivity contribution in [3.8, 4) is 0 Å². The summed E-state index contributed by atoms with van der Waals surface area (Å²) in [6, 6.07) is 17.2. The van der Waals surface area contributed by atoms with Crippen molar-refractivity contribution >= 4 is 11.9 Å². The third-order valence-corrected chi connectivity index (χ3v) is 5.35. The molecule has 0 bridgehead atoms. The second-order valence-electron chi connectivity index (χ2n) is 6.39. The van der Waals surface area contributed by atoms with Crippen LogP contribution < -0.4 is 5.32 Å². The Kier molecular flexibility index (Phi) is 2.85. The second-order valence-corrected chi connectivity index (χ2v) is 6.39. The average molecular weight is 307 g/mol. The molecule has 1 fully saturated rings. The van der Waals surface area contributed by atoms with Crippen LogP contribution in [-0.2, 0) is 21.5 Å². The van der Waals surface area contributed by atoms with Gasteiger partial charge in [-0.05, 0) is 29.5 Å². The Hall–Kier alpha value is -2.62. The Morgan fingerprint density at radius 2 is 1.74 bits per heavy atom. The van der Waals surface area contributed by atoms with Gasteiger partial charge in [0.1, 0.15) is 11.0 Å². The van der Waals surface area contributed by atoms with Crippen molar-refractivity contribution in [1.82, 2.24) is 5.32 Å². The van der Waals surface area contributed by atoms with Crippen LogP contribution in [-0.4, -0.2) is 17.0 Å². The molecule has 2 aromatic carbocycles. The van der Waals surface area contributed by atoms with Crippen LogP contribution >= 0.6 is 0 Å². The van der Waals surface area contributed by atoms with Crippen molar-refractivity contribution < 1.29 is 14.7 Å². The topological polar surface area (TPSA) is 66.4 Å². The van der Waals surface area contributed by atoms with Crippen LogP contribution in [0.5, 0.6) is 0 Å². The molecule has 4 rings (SSSR count). The number of carboxylic acids is 1. The normalized spacial score (nSPS) is 28.6. The maximum absolute atomic E-state index is 12.4. The molecule has 116 valence electrons. The Bertz CT molecular complexity index is 801. The number of carbonyl (C=O) groups excluding carboxylic acids is 1. The van der Waals surface area contributed by atoms with E-state index in [1.54, 1.807) is 0 Å². The molecule has 2 N–H and O–H groups in total. The molecule has 2 aromatic rings. The van der Waals surface area contributed by atoms with E-state index < -0.39 is 16.9 Å². The maximum Gasteiger partial charge on any atom is 0.313 e. The molecule has 0 aromatic heterocycles. The number of benzene rings is 2. The lowest BCUT2D eigenvalue weighted by atomic mass is 9.62. The van der Waals surface area contributed by atoms with Gasteiger partial charge in [0.15, 0.2) is 0 Å². The van der Waals surface area contributed by atoms with E-state index in [4.69, 9.17) is 0 Å². The van der Waals surface area contributed by atoms with E-state index in [9.17, 15) is 14.7 Å². The molecule has 0 radical (unpaired) electrons. The van der Waals surface area contributed by atoms with Gasteiger partial charge < -0.3 is 10.4 Å². The first-order valence-corrected chi connectivity index (χ1v) is 7.78. The van der Waals surface area contributed by atoms with E-state index in [2.05, 4.69) is 5.32 Å². The first kappa shape index (κ1) is 14.0. The molecule has 1 saturated heterocycles. The van der Waals surface area contributed by atoms with Crippen LogP contribution in [0.2, 0.25) is 0 Å². The van der Waals surface area contributed by atoms with Gasteiger partial charge >= 0.3 is 5.97 Å². The standard InChI is InChI=1S/C19H17NO3/c21-16-10-11-18(17(22)23)12-13-6-4-5-9-15(13)19(18,20-16)14-7-2-1-3-8-14/h1-9H,10-12H2,(H,20,21)(H,22,23)/t18-,19+/m0/s1. The number of amides is 1. The molecule has 0 unspecified atom stereocenters. The molecule has 1 amide bonds. The molecular formula is C19H17NO3. The highest BCUT2D eigenvalue weighted by atomic mass is 16.4. The highest BCUT2D eigenvalue weighted by Gasteiger charge is 2.65. The predicted molar refractivity (Wildman–Crippen MR) is 84.8 cm³/mol. The van der Waals surface area contributed by atoms with Gasteiger partial charge in [-0.1, -0.05) is 54.6 Å². The Balaban J connectivity index is 2.08. The van der Waals surface area contributed by atoms with Gasteiger partial charge in [0, 0.05) is 6.42 Å². The van der Waals surface area contributed by atoms with E-state index in [0.29, 0.717) is 12.8 Å². The highest BCUT2D eigenvalue weighted by Crippen LogP contribution is 2.58. The SMILES string of the molecule is O=C1CC[C@@]2(C(=O)O)Cc3ccccc3[C@@]2(c2ccccc2)N1. The van der Waals surface area contributed by atoms with E-state index in [1.807, 2.05) is 54.6 Å². The van der Waals surface area contributed by atoms with Crippen molar-refractivity contribution in [2.24, 2.45) is 5.41 Å². The highest BCUT2D eigenvalue weighted by molar-refractivity contribution is 5.88. The van der Waals surface area contributed by atoms with E-state index >= 15 is 0 Å². The molecule has 0 saturated carbocycles. The number of carboxylic acid groups (broad SMARTS) is 1. The minimum atomic E-state index is -1.04. The summed E-state index contributed by atoms with van der Waals surface area (Å²) in [6.07, 6.45) is 1.03. The van der Waals surface area contributed by atoms with Crippen molar-refractivity contribution in [2.75, 3.05) is 0 Å². The Morgan fingerprint density at radius 1 is 1.04 bits per heavy atom. The third-order valence-electron chi connectivity index (χ3n) is 5.35. The van der Waals surface area contributed by atoms with Crippen molar-refractivity contribution in [1.29, 1.82) is 0 Å². The number of rotatable bonds is 2. The molecule has 4 heteroatoms. The molecule has 0 spiro atoms. The first-order valence-electron chi connectivity index (χ1n) is 7.78. The molecule has 4 nitrogen and oxygen atoms in total. The minimum absolute atomic E-state index is 0.0950. The number of hydrogen-bond acceptors (Lipinski definition) is 2. The van der Waals surface area contributed by atoms with Gasteiger partial charge in [0.2, 0.25) is 5.91 Å². The zero-order chi connectivity index (χ0) is 16.1. The zero-order valence-corrected chi connectivity index (χ0v) is 12.6. The van der Waals surface area contributed by atoms with Crippen molar-refractivity contribution in [2.45, 2.75) is 24.8 Å². The fourth-order valence-electron chi connectivity index (χ4n) is 4.35. The maximum atomic E-state index is 12.4. The predicted octanol–water partition coefficient (Wildman–Crippen LogP) is 2.47. The average Bonchev–Trinajstić information content (AvgIpc) is 2.88. The van der Waals surface area contributed by atoms with Crippen LogP contribution in [0.1, 0.15) is 29.5 Å². The van der Waals surface area contributed by atoms with Gasteiger partial charge in [-0.15, -0.1) is 0 Å². The summed E-state index contributed by atoms with van der Waals surface area (Å²) in [4.78, 5) is 24.6. The van der Waals surface area contributed by atoms with E-state index in [1.165, 1.54) is 0 Å². The fraction of sp³-hybridized carbons (Fsp3) is 0.263. The molecule has 1 heterocycles. The number of aliphatic carboxylic acids is 1. The lowest BCUT2D eigenvalue weighted by Gasteiger charge is -2.47. The summed E-state index contributed by atoms with van der Waals surface area (Å²) in [5, 5.41) is 13.2. The van der Waals surface area contributed by atoms with Gasteiger partial charge in [0.25, 0.3) is 0 Å². The summed E-state index contributed by atoms with van der Waals surface area (Å²) in [5.74, 6) is -0.944. The van der Waals surface area contributed by atoms with E-state index in [-0.39, 0.29) is 12.3 Å². The van der Waals surface area contributed by atoms with Crippen LogP contribution in [0, 0.1) is 5.41 Å². The number of nitrogens with one attached hydrogen (secondary N) is 1. The Labute approximate surface area is 134 Å². The Morgan fingerprint density at radius 3 is 2.48 bits per heavy atom. The number of piperidine rings is 1. The summed E-state index contributed by atoms with van der Waals surface area (Å²) >= 11 is 0. The number of hydrogen-bond donors (Lipinski definition) is 2. The summed E-state index contributed by atoms with van der Waals surface area (Å²) in [6.45, 7) is 0. The third kappa shape index (κ3) is 1.66. The summed E-state index contributed by atoms with van der Waals surface area (Å²) in [7, 11) is 0. The lowest BCUT2D eigenvalue weighted by Crippen LogP contribution is -2.62. The van der Waals surface area contributed by atoms with Crippen LogP contribution in [0.4, 0.5) is 0 Å². The van der Waals surface area contributed by atoms with E-state index in [0.717, 1.165) is 16.7 Å². The largest absolute Gasteiger partial charge is 0.481 e. The molecule has 2 aliphatic rings. The molecule has 2 atom stereocenters. The fourth-order valence-corrected chi connectivity index (χ4v) is 4.35. The number of carbonyl (C=O) groups is 2. The number of fused-ring (bicyclic) bond motifs is 3.